The molecule has 1 N–H and O–H groups in total. The van der Waals surface area contributed by atoms with Crippen LogP contribution in [-0.4, -0.2) is 38.2 Å². The monoisotopic (exact) mass is 461 g/mol. The molecule has 24 heavy (non-hydrogen) atoms. The summed E-state index contributed by atoms with van der Waals surface area (Å²) in [5.41, 5.74) is 0.533. The maximum absolute atomic E-state index is 11.1. The Morgan fingerprint density at radius 3 is 2.12 bits per heavy atom. The zero-order valence-corrected chi connectivity index (χ0v) is 19.1. The number of piperidine rings is 1. The predicted molar refractivity (Wildman–Crippen MR) is 113 cm³/mol. The first-order valence-corrected chi connectivity index (χ1v) is 12.8. The lowest BCUT2D eigenvalue weighted by Crippen LogP contribution is -2.55. The van der Waals surface area contributed by atoms with Crippen LogP contribution < -0.4 is 4.90 Å². The van der Waals surface area contributed by atoms with Crippen molar-refractivity contribution < 1.29 is 9.53 Å². The van der Waals surface area contributed by atoms with Crippen LogP contribution >= 0.6 is 22.6 Å². The molecule has 1 aliphatic rings. The summed E-state index contributed by atoms with van der Waals surface area (Å²) in [7, 11) is -1.86. The molecule has 1 aromatic rings. The molecule has 136 valence electrons. The molecule has 1 unspecified atom stereocenters. The normalized spacial score (nSPS) is 20.1. The van der Waals surface area contributed by atoms with Gasteiger partial charge in [-0.05, 0) is 84.8 Å². The zero-order chi connectivity index (χ0) is 18.2. The molecule has 0 bridgehead atoms. The van der Waals surface area contributed by atoms with Crippen molar-refractivity contribution in [3.8, 4) is 0 Å². The molecule has 1 heterocycles. The largest absolute Gasteiger partial charge is 0.411 e. The Morgan fingerprint density at radius 1 is 1.17 bits per heavy atom. The molecule has 0 radical (unpaired) electrons. The van der Waals surface area contributed by atoms with Gasteiger partial charge in [-0.2, -0.15) is 0 Å². The summed E-state index contributed by atoms with van der Waals surface area (Å²) in [6.45, 7) is 15.1. The van der Waals surface area contributed by atoms with Crippen LogP contribution in [0.1, 0.15) is 40.5 Å². The Balaban J connectivity index is 1.99. The quantitative estimate of drug-likeness (QED) is 0.504. The van der Waals surface area contributed by atoms with Gasteiger partial charge in [0.2, 0.25) is 0 Å². The second-order valence-electron chi connectivity index (χ2n) is 8.59. The Labute approximate surface area is 162 Å². The molecule has 0 spiro atoms. The van der Waals surface area contributed by atoms with Crippen molar-refractivity contribution in [2.24, 2.45) is 0 Å². The van der Waals surface area contributed by atoms with Crippen molar-refractivity contribution in [1.82, 2.24) is 0 Å². The molecule has 0 aliphatic carbocycles. The van der Waals surface area contributed by atoms with Crippen LogP contribution in [0.3, 0.4) is 0 Å². The van der Waals surface area contributed by atoms with Gasteiger partial charge in [0.05, 0.1) is 11.7 Å². The van der Waals surface area contributed by atoms with Crippen molar-refractivity contribution in [3.05, 3.63) is 27.8 Å². The second-order valence-corrected chi connectivity index (χ2v) is 14.6. The minimum absolute atomic E-state index is 0.114. The molecule has 1 fully saturated rings. The van der Waals surface area contributed by atoms with Crippen molar-refractivity contribution in [2.45, 2.75) is 70.4 Å². The minimum atomic E-state index is -1.86. The molecule has 3 nitrogen and oxygen atoms in total. The van der Waals surface area contributed by atoms with Crippen LogP contribution in [0.2, 0.25) is 18.1 Å². The summed E-state index contributed by atoms with van der Waals surface area (Å²) in [4.78, 5) is 2.36. The van der Waals surface area contributed by atoms with E-state index < -0.39 is 13.9 Å². The summed E-state index contributed by atoms with van der Waals surface area (Å²) >= 11 is 2.33. The number of nitrogens with zero attached hydrogens (tertiary/aromatic N) is 1. The molecule has 1 saturated heterocycles. The van der Waals surface area contributed by atoms with Crippen molar-refractivity contribution in [1.29, 1.82) is 0 Å². The van der Waals surface area contributed by atoms with Crippen LogP contribution in [0.4, 0.5) is 5.69 Å². The van der Waals surface area contributed by atoms with E-state index in [4.69, 9.17) is 4.43 Å². The third-order valence-corrected chi connectivity index (χ3v) is 11.1. The van der Waals surface area contributed by atoms with Crippen molar-refractivity contribution >= 4 is 36.6 Å². The molecule has 0 amide bonds. The van der Waals surface area contributed by atoms with Crippen LogP contribution in [0, 0.1) is 3.57 Å². The van der Waals surface area contributed by atoms with Gasteiger partial charge in [0.25, 0.3) is 0 Å². The highest BCUT2D eigenvalue weighted by Gasteiger charge is 2.44. The molecule has 2 rings (SSSR count). The number of halogens is 1. The number of rotatable bonds is 4. The van der Waals surface area contributed by atoms with E-state index in [0.717, 1.165) is 25.9 Å². The lowest BCUT2D eigenvalue weighted by Gasteiger charge is -2.46. The molecule has 0 aromatic heterocycles. The number of benzene rings is 1. The Bertz CT molecular complexity index is 545. The summed E-state index contributed by atoms with van der Waals surface area (Å²) in [6, 6.07) is 8.61. The number of hydrogen-bond donors (Lipinski definition) is 1. The molecule has 1 aromatic carbocycles. The summed E-state index contributed by atoms with van der Waals surface area (Å²) < 4.78 is 7.72. The first-order chi connectivity index (χ1) is 10.9. The van der Waals surface area contributed by atoms with E-state index in [-0.39, 0.29) is 11.1 Å². The smallest absolute Gasteiger partial charge is 0.192 e. The fourth-order valence-electron chi connectivity index (χ4n) is 2.94. The van der Waals surface area contributed by atoms with Gasteiger partial charge in [0, 0.05) is 22.3 Å². The summed E-state index contributed by atoms with van der Waals surface area (Å²) in [6.07, 6.45) is 1.40. The average Bonchev–Trinajstić information content (AvgIpc) is 2.47. The van der Waals surface area contributed by atoms with Gasteiger partial charge in [-0.15, -0.1) is 0 Å². The molecule has 5 heteroatoms. The van der Waals surface area contributed by atoms with Gasteiger partial charge in [-0.1, -0.05) is 20.8 Å². The molecule has 1 atom stereocenters. The summed E-state index contributed by atoms with van der Waals surface area (Å²) in [5.74, 6) is 0. The first-order valence-electron chi connectivity index (χ1n) is 8.85. The standard InChI is InChI=1S/C19H32INO2Si/c1-15(23-24(5,6)18(2,3)4)19(22)11-13-21(14-12-19)17-9-7-16(20)8-10-17/h7-10,15,22H,11-14H2,1-6H3. The Morgan fingerprint density at radius 2 is 1.67 bits per heavy atom. The van der Waals surface area contributed by atoms with Gasteiger partial charge in [-0.3, -0.25) is 0 Å². The lowest BCUT2D eigenvalue weighted by molar-refractivity contribution is -0.0744. The second kappa shape index (κ2) is 7.25. The van der Waals surface area contributed by atoms with Gasteiger partial charge in [0.1, 0.15) is 0 Å². The molecule has 0 saturated carbocycles. The fraction of sp³-hybridized carbons (Fsp3) is 0.684. The van der Waals surface area contributed by atoms with Crippen molar-refractivity contribution in [3.63, 3.8) is 0 Å². The van der Waals surface area contributed by atoms with Gasteiger partial charge in [-0.25, -0.2) is 0 Å². The van der Waals surface area contributed by atoms with E-state index in [9.17, 15) is 5.11 Å². The number of hydrogen-bond acceptors (Lipinski definition) is 3. The van der Waals surface area contributed by atoms with Crippen LogP contribution in [0.15, 0.2) is 24.3 Å². The highest BCUT2D eigenvalue weighted by atomic mass is 127. The fourth-order valence-corrected chi connectivity index (χ4v) is 4.76. The van der Waals surface area contributed by atoms with E-state index in [1.54, 1.807) is 0 Å². The van der Waals surface area contributed by atoms with E-state index in [1.807, 2.05) is 0 Å². The molecular formula is C19H32INO2Si. The van der Waals surface area contributed by atoms with Crippen LogP contribution in [-0.2, 0) is 4.43 Å². The zero-order valence-electron chi connectivity index (χ0n) is 15.9. The first kappa shape index (κ1) is 20.2. The number of aliphatic hydroxyl groups is 1. The molecular weight excluding hydrogens is 429 g/mol. The highest BCUT2D eigenvalue weighted by molar-refractivity contribution is 14.1. The third kappa shape index (κ3) is 4.53. The summed E-state index contributed by atoms with van der Waals surface area (Å²) in [5, 5.41) is 11.3. The predicted octanol–water partition coefficient (Wildman–Crippen LogP) is 5.03. The van der Waals surface area contributed by atoms with Crippen molar-refractivity contribution in [2.75, 3.05) is 18.0 Å². The topological polar surface area (TPSA) is 32.7 Å². The van der Waals surface area contributed by atoms with Gasteiger partial charge >= 0.3 is 0 Å². The van der Waals surface area contributed by atoms with E-state index >= 15 is 0 Å². The van der Waals surface area contributed by atoms with E-state index in [2.05, 4.69) is 92.5 Å². The maximum Gasteiger partial charge on any atom is 0.192 e. The SMILES string of the molecule is CC(O[Si](C)(C)C(C)(C)C)C1(O)CCN(c2ccc(I)cc2)CC1. The Hall–Kier alpha value is -0.113. The molecule has 1 aliphatic heterocycles. The van der Waals surface area contributed by atoms with E-state index in [1.165, 1.54) is 9.26 Å². The maximum atomic E-state index is 11.1. The van der Waals surface area contributed by atoms with E-state index in [0.29, 0.717) is 0 Å². The third-order valence-electron chi connectivity index (χ3n) is 5.86. The lowest BCUT2D eigenvalue weighted by atomic mass is 9.86. The van der Waals surface area contributed by atoms with Gasteiger partial charge in [0.15, 0.2) is 8.32 Å². The highest BCUT2D eigenvalue weighted by Crippen LogP contribution is 2.40. The minimum Gasteiger partial charge on any atom is -0.411 e. The average molecular weight is 461 g/mol. The van der Waals surface area contributed by atoms with Crippen LogP contribution in [0.25, 0.3) is 0 Å². The van der Waals surface area contributed by atoms with Gasteiger partial charge < -0.3 is 14.4 Å². The van der Waals surface area contributed by atoms with Crippen LogP contribution in [0.5, 0.6) is 0 Å². The number of anilines is 1. The Kier molecular flexibility index (Phi) is 6.10.